The average Bonchev–Trinajstić information content (AvgIpc) is 2.17. The lowest BCUT2D eigenvalue weighted by Crippen LogP contribution is -2.42. The van der Waals surface area contributed by atoms with E-state index in [-0.39, 0.29) is 5.91 Å². The highest BCUT2D eigenvalue weighted by Crippen LogP contribution is 2.26. The minimum atomic E-state index is 0.151. The largest absolute Gasteiger partial charge is 0.352 e. The summed E-state index contributed by atoms with van der Waals surface area (Å²) in [6, 6.07) is 0.345. The molecule has 0 heterocycles. The molecule has 0 saturated heterocycles. The SMILES string of the molecule is CC(NC(=O)CN(C)C)C1CCCCC1. The summed E-state index contributed by atoms with van der Waals surface area (Å²) in [5.41, 5.74) is 0. The predicted octanol–water partition coefficient (Wildman–Crippen LogP) is 1.63. The van der Waals surface area contributed by atoms with Crippen molar-refractivity contribution in [3.8, 4) is 0 Å². The molecule has 0 aromatic carbocycles. The molecule has 1 saturated carbocycles. The summed E-state index contributed by atoms with van der Waals surface area (Å²) in [5.74, 6) is 0.850. The number of hydrogen-bond donors (Lipinski definition) is 1. The lowest BCUT2D eigenvalue weighted by molar-refractivity contribution is -0.122. The normalized spacial score (nSPS) is 20.3. The standard InChI is InChI=1S/C12H24N2O/c1-10(11-7-5-4-6-8-11)13-12(15)9-14(2)3/h10-11H,4-9H2,1-3H3,(H,13,15). The molecule has 0 aliphatic heterocycles. The van der Waals surface area contributed by atoms with E-state index in [1.165, 1.54) is 32.1 Å². The molecule has 1 fully saturated rings. The zero-order chi connectivity index (χ0) is 11.3. The molecule has 1 amide bonds. The number of carbonyl (C=O) groups is 1. The number of carbonyl (C=O) groups excluding carboxylic acids is 1. The second-order valence-electron chi connectivity index (χ2n) is 4.99. The number of likely N-dealkylation sites (N-methyl/N-ethyl adjacent to an activating group) is 1. The molecule has 1 aliphatic carbocycles. The lowest BCUT2D eigenvalue weighted by Gasteiger charge is -2.28. The van der Waals surface area contributed by atoms with Crippen molar-refractivity contribution in [1.82, 2.24) is 10.2 Å². The molecule has 0 radical (unpaired) electrons. The molecule has 1 aliphatic rings. The Labute approximate surface area is 93.2 Å². The van der Waals surface area contributed by atoms with E-state index in [1.54, 1.807) is 0 Å². The van der Waals surface area contributed by atoms with Crippen LogP contribution in [0.3, 0.4) is 0 Å². The number of nitrogens with zero attached hydrogens (tertiary/aromatic N) is 1. The molecular formula is C12H24N2O. The third-order valence-electron chi connectivity index (χ3n) is 3.21. The summed E-state index contributed by atoms with van der Waals surface area (Å²) in [5, 5.41) is 3.10. The summed E-state index contributed by atoms with van der Waals surface area (Å²) in [4.78, 5) is 13.5. The van der Waals surface area contributed by atoms with Gasteiger partial charge in [0.25, 0.3) is 0 Å². The Morgan fingerprint density at radius 3 is 2.47 bits per heavy atom. The van der Waals surface area contributed by atoms with Crippen LogP contribution in [-0.4, -0.2) is 37.5 Å². The Bertz CT molecular complexity index is 198. The smallest absolute Gasteiger partial charge is 0.234 e. The van der Waals surface area contributed by atoms with Crippen molar-refractivity contribution in [1.29, 1.82) is 0 Å². The van der Waals surface area contributed by atoms with Crippen molar-refractivity contribution in [3.63, 3.8) is 0 Å². The monoisotopic (exact) mass is 212 g/mol. The molecule has 1 unspecified atom stereocenters. The van der Waals surface area contributed by atoms with Gasteiger partial charge in [-0.05, 0) is 39.8 Å². The topological polar surface area (TPSA) is 32.3 Å². The second-order valence-corrected chi connectivity index (χ2v) is 4.99. The lowest BCUT2D eigenvalue weighted by atomic mass is 9.84. The quantitative estimate of drug-likeness (QED) is 0.768. The summed E-state index contributed by atoms with van der Waals surface area (Å²) >= 11 is 0. The van der Waals surface area contributed by atoms with Crippen LogP contribution in [-0.2, 0) is 4.79 Å². The van der Waals surface area contributed by atoms with Crippen LogP contribution in [0.25, 0.3) is 0 Å². The number of hydrogen-bond acceptors (Lipinski definition) is 2. The molecule has 0 aromatic heterocycles. The van der Waals surface area contributed by atoms with E-state index in [4.69, 9.17) is 0 Å². The van der Waals surface area contributed by atoms with Crippen molar-refractivity contribution < 1.29 is 4.79 Å². The van der Waals surface area contributed by atoms with E-state index in [1.807, 2.05) is 19.0 Å². The van der Waals surface area contributed by atoms with Gasteiger partial charge in [0.05, 0.1) is 6.54 Å². The molecule has 0 bridgehead atoms. The second kappa shape index (κ2) is 6.11. The van der Waals surface area contributed by atoms with Crippen LogP contribution in [0.15, 0.2) is 0 Å². The Morgan fingerprint density at radius 2 is 1.93 bits per heavy atom. The van der Waals surface area contributed by atoms with Gasteiger partial charge < -0.3 is 10.2 Å². The van der Waals surface area contributed by atoms with Gasteiger partial charge in [0, 0.05) is 6.04 Å². The van der Waals surface area contributed by atoms with Gasteiger partial charge >= 0.3 is 0 Å². The van der Waals surface area contributed by atoms with Gasteiger partial charge in [-0.15, -0.1) is 0 Å². The summed E-state index contributed by atoms with van der Waals surface area (Å²) in [7, 11) is 3.84. The minimum Gasteiger partial charge on any atom is -0.352 e. The number of nitrogens with one attached hydrogen (secondary N) is 1. The molecule has 0 spiro atoms. The van der Waals surface area contributed by atoms with Crippen molar-refractivity contribution in [2.45, 2.75) is 45.1 Å². The Hall–Kier alpha value is -0.570. The van der Waals surface area contributed by atoms with Crippen LogP contribution in [0.4, 0.5) is 0 Å². The summed E-state index contributed by atoms with van der Waals surface area (Å²) in [6.45, 7) is 2.64. The van der Waals surface area contributed by atoms with E-state index in [0.29, 0.717) is 18.5 Å². The molecule has 3 heteroatoms. The van der Waals surface area contributed by atoms with Gasteiger partial charge in [-0.1, -0.05) is 19.3 Å². The third kappa shape index (κ3) is 4.65. The van der Waals surface area contributed by atoms with Crippen LogP contribution in [0, 0.1) is 5.92 Å². The molecule has 0 aromatic rings. The Kier molecular flexibility index (Phi) is 5.09. The third-order valence-corrected chi connectivity index (χ3v) is 3.21. The zero-order valence-electron chi connectivity index (χ0n) is 10.3. The molecular weight excluding hydrogens is 188 g/mol. The zero-order valence-corrected chi connectivity index (χ0v) is 10.3. The molecule has 3 nitrogen and oxygen atoms in total. The first-order chi connectivity index (χ1) is 7.09. The molecule has 1 atom stereocenters. The van der Waals surface area contributed by atoms with Crippen molar-refractivity contribution in [2.24, 2.45) is 5.92 Å². The van der Waals surface area contributed by atoms with Crippen LogP contribution < -0.4 is 5.32 Å². The Morgan fingerprint density at radius 1 is 1.33 bits per heavy atom. The fourth-order valence-corrected chi connectivity index (χ4v) is 2.34. The van der Waals surface area contributed by atoms with Gasteiger partial charge in [-0.2, -0.15) is 0 Å². The maximum absolute atomic E-state index is 11.6. The summed E-state index contributed by atoms with van der Waals surface area (Å²) < 4.78 is 0. The van der Waals surface area contributed by atoms with Crippen LogP contribution in [0.5, 0.6) is 0 Å². The van der Waals surface area contributed by atoms with E-state index >= 15 is 0 Å². The van der Waals surface area contributed by atoms with Crippen molar-refractivity contribution in [2.75, 3.05) is 20.6 Å². The minimum absolute atomic E-state index is 0.151. The first-order valence-electron chi connectivity index (χ1n) is 6.03. The Balaban J connectivity index is 2.27. The first kappa shape index (κ1) is 12.5. The van der Waals surface area contributed by atoms with E-state index in [9.17, 15) is 4.79 Å². The maximum Gasteiger partial charge on any atom is 0.234 e. The fourth-order valence-electron chi connectivity index (χ4n) is 2.34. The van der Waals surface area contributed by atoms with Gasteiger partial charge in [0.15, 0.2) is 0 Å². The number of amides is 1. The van der Waals surface area contributed by atoms with E-state index < -0.39 is 0 Å². The molecule has 1 N–H and O–H groups in total. The molecule has 88 valence electrons. The van der Waals surface area contributed by atoms with Gasteiger partial charge in [-0.3, -0.25) is 4.79 Å². The highest BCUT2D eigenvalue weighted by Gasteiger charge is 2.21. The predicted molar refractivity (Wildman–Crippen MR) is 62.7 cm³/mol. The number of rotatable bonds is 4. The van der Waals surface area contributed by atoms with Gasteiger partial charge in [-0.25, -0.2) is 0 Å². The van der Waals surface area contributed by atoms with Crippen molar-refractivity contribution >= 4 is 5.91 Å². The van der Waals surface area contributed by atoms with Crippen LogP contribution in [0.1, 0.15) is 39.0 Å². The maximum atomic E-state index is 11.6. The van der Waals surface area contributed by atoms with Gasteiger partial charge in [0.1, 0.15) is 0 Å². The molecule has 15 heavy (non-hydrogen) atoms. The van der Waals surface area contributed by atoms with Crippen LogP contribution in [0.2, 0.25) is 0 Å². The first-order valence-corrected chi connectivity index (χ1v) is 6.03. The van der Waals surface area contributed by atoms with Crippen molar-refractivity contribution in [3.05, 3.63) is 0 Å². The van der Waals surface area contributed by atoms with E-state index in [2.05, 4.69) is 12.2 Å². The average molecular weight is 212 g/mol. The van der Waals surface area contributed by atoms with Gasteiger partial charge in [0.2, 0.25) is 5.91 Å². The molecule has 1 rings (SSSR count). The summed E-state index contributed by atoms with van der Waals surface area (Å²) in [6.07, 6.45) is 6.60. The highest BCUT2D eigenvalue weighted by molar-refractivity contribution is 5.78. The fraction of sp³-hybridized carbons (Fsp3) is 0.917. The van der Waals surface area contributed by atoms with E-state index in [0.717, 1.165) is 0 Å². The highest BCUT2D eigenvalue weighted by atomic mass is 16.2. The van der Waals surface area contributed by atoms with Crippen LogP contribution >= 0.6 is 0 Å².